The predicted octanol–water partition coefficient (Wildman–Crippen LogP) is 2.95. The molecule has 0 bridgehead atoms. The van der Waals surface area contributed by atoms with E-state index in [2.05, 4.69) is 44.8 Å². The summed E-state index contributed by atoms with van der Waals surface area (Å²) in [6.07, 6.45) is 4.71. The van der Waals surface area contributed by atoms with Crippen molar-refractivity contribution in [1.82, 2.24) is 9.97 Å². The highest BCUT2D eigenvalue weighted by molar-refractivity contribution is 14.1. The summed E-state index contributed by atoms with van der Waals surface area (Å²) in [5, 5.41) is 3.16. The van der Waals surface area contributed by atoms with Crippen molar-refractivity contribution in [3.8, 4) is 0 Å². The van der Waals surface area contributed by atoms with E-state index in [9.17, 15) is 0 Å². The summed E-state index contributed by atoms with van der Waals surface area (Å²) >= 11 is 2.34. The van der Waals surface area contributed by atoms with E-state index in [0.717, 1.165) is 24.5 Å². The minimum atomic E-state index is 0.629. The highest BCUT2D eigenvalue weighted by Crippen LogP contribution is 2.39. The Balaban J connectivity index is 2.37. The second-order valence-corrected chi connectivity index (χ2v) is 5.04. The molecule has 0 aromatic carbocycles. The molecule has 1 heterocycles. The summed E-state index contributed by atoms with van der Waals surface area (Å²) in [6.45, 7) is 2.19. The van der Waals surface area contributed by atoms with Crippen LogP contribution in [0.15, 0.2) is 0 Å². The second-order valence-electron chi connectivity index (χ2n) is 3.97. The molecule has 0 saturated heterocycles. The Morgan fingerprint density at radius 2 is 2.13 bits per heavy atom. The van der Waals surface area contributed by atoms with Gasteiger partial charge in [0.05, 0.1) is 9.26 Å². The van der Waals surface area contributed by atoms with Crippen LogP contribution in [0.5, 0.6) is 0 Å². The molecule has 0 atom stereocenters. The van der Waals surface area contributed by atoms with Crippen molar-refractivity contribution in [2.75, 3.05) is 12.4 Å². The van der Waals surface area contributed by atoms with Crippen molar-refractivity contribution in [3.05, 3.63) is 15.1 Å². The van der Waals surface area contributed by atoms with E-state index in [1.807, 2.05) is 7.05 Å². The number of aromatic nitrogens is 2. The maximum Gasteiger partial charge on any atom is 0.143 e. The number of hydrogen-bond acceptors (Lipinski definition) is 3. The van der Waals surface area contributed by atoms with Crippen molar-refractivity contribution < 1.29 is 0 Å². The Morgan fingerprint density at radius 3 is 2.67 bits per heavy atom. The van der Waals surface area contributed by atoms with Gasteiger partial charge >= 0.3 is 0 Å². The predicted molar refractivity (Wildman–Crippen MR) is 70.3 cm³/mol. The van der Waals surface area contributed by atoms with Gasteiger partial charge in [-0.15, -0.1) is 0 Å². The summed E-state index contributed by atoms with van der Waals surface area (Å²) in [7, 11) is 1.93. The van der Waals surface area contributed by atoms with Crippen molar-refractivity contribution in [2.45, 2.75) is 38.5 Å². The first kappa shape index (κ1) is 11.1. The Kier molecular flexibility index (Phi) is 3.43. The van der Waals surface area contributed by atoms with Crippen LogP contribution < -0.4 is 5.32 Å². The zero-order chi connectivity index (χ0) is 10.8. The average molecular weight is 317 g/mol. The smallest absolute Gasteiger partial charge is 0.143 e. The minimum absolute atomic E-state index is 0.629. The highest BCUT2D eigenvalue weighted by Gasteiger charge is 2.28. The van der Waals surface area contributed by atoms with Crippen LogP contribution in [0.4, 0.5) is 5.82 Å². The summed E-state index contributed by atoms with van der Waals surface area (Å²) in [5.74, 6) is 2.67. The monoisotopic (exact) mass is 317 g/mol. The molecule has 1 aliphatic carbocycles. The molecule has 0 unspecified atom stereocenters. The first-order valence-electron chi connectivity index (χ1n) is 5.50. The lowest BCUT2D eigenvalue weighted by atomic mass is 10.2. The van der Waals surface area contributed by atoms with Gasteiger partial charge in [0.1, 0.15) is 11.6 Å². The first-order valence-corrected chi connectivity index (χ1v) is 6.58. The molecule has 0 spiro atoms. The Morgan fingerprint density at radius 1 is 1.40 bits per heavy atom. The van der Waals surface area contributed by atoms with Crippen LogP contribution in [-0.2, 0) is 6.42 Å². The minimum Gasteiger partial charge on any atom is -0.372 e. The third kappa shape index (κ3) is 2.41. The van der Waals surface area contributed by atoms with Gasteiger partial charge in [-0.3, -0.25) is 0 Å². The summed E-state index contributed by atoms with van der Waals surface area (Å²) in [5.41, 5.74) is 1.21. The van der Waals surface area contributed by atoms with Crippen LogP contribution >= 0.6 is 22.6 Å². The molecule has 0 amide bonds. The zero-order valence-electron chi connectivity index (χ0n) is 9.18. The first-order chi connectivity index (χ1) is 7.26. The van der Waals surface area contributed by atoms with Gasteiger partial charge in [-0.1, -0.05) is 13.3 Å². The van der Waals surface area contributed by atoms with Gasteiger partial charge in [-0.2, -0.15) is 0 Å². The van der Waals surface area contributed by atoms with Crippen LogP contribution in [0.1, 0.15) is 43.6 Å². The highest BCUT2D eigenvalue weighted by atomic mass is 127. The van der Waals surface area contributed by atoms with Crippen LogP contribution in [0.25, 0.3) is 0 Å². The third-order valence-electron chi connectivity index (χ3n) is 2.60. The van der Waals surface area contributed by atoms with Crippen LogP contribution in [0.3, 0.4) is 0 Å². The van der Waals surface area contributed by atoms with Crippen molar-refractivity contribution in [1.29, 1.82) is 0 Å². The maximum absolute atomic E-state index is 4.67. The van der Waals surface area contributed by atoms with E-state index in [-0.39, 0.29) is 0 Å². The molecule has 1 aliphatic rings. The van der Waals surface area contributed by atoms with Gasteiger partial charge < -0.3 is 5.32 Å². The molecule has 0 radical (unpaired) electrons. The van der Waals surface area contributed by atoms with Gasteiger partial charge in [0.2, 0.25) is 0 Å². The molecule has 1 aromatic heterocycles. The van der Waals surface area contributed by atoms with Gasteiger partial charge in [-0.05, 0) is 41.9 Å². The standard InChI is InChI=1S/C11H16IN3/c1-3-4-8-9(12)11(13-2)15-10(14-8)7-5-6-7/h7H,3-6H2,1-2H3,(H,13,14,15). The summed E-state index contributed by atoms with van der Waals surface area (Å²) in [4.78, 5) is 9.24. The van der Waals surface area contributed by atoms with E-state index in [4.69, 9.17) is 0 Å². The molecule has 1 fully saturated rings. The van der Waals surface area contributed by atoms with Gasteiger partial charge in [0, 0.05) is 13.0 Å². The van der Waals surface area contributed by atoms with Crippen molar-refractivity contribution >= 4 is 28.4 Å². The Labute approximate surface area is 104 Å². The molecule has 1 saturated carbocycles. The lowest BCUT2D eigenvalue weighted by Gasteiger charge is -2.10. The van der Waals surface area contributed by atoms with E-state index < -0.39 is 0 Å². The lowest BCUT2D eigenvalue weighted by Crippen LogP contribution is -2.06. The third-order valence-corrected chi connectivity index (χ3v) is 3.74. The Hall–Kier alpha value is -0.390. The molecule has 15 heavy (non-hydrogen) atoms. The quantitative estimate of drug-likeness (QED) is 0.868. The normalized spacial score (nSPS) is 15.4. The lowest BCUT2D eigenvalue weighted by molar-refractivity contribution is 0.822. The van der Waals surface area contributed by atoms with Crippen molar-refractivity contribution in [2.24, 2.45) is 0 Å². The molecular formula is C11H16IN3. The number of rotatable bonds is 4. The molecule has 82 valence electrons. The van der Waals surface area contributed by atoms with E-state index in [0.29, 0.717) is 5.92 Å². The number of anilines is 1. The van der Waals surface area contributed by atoms with E-state index >= 15 is 0 Å². The topological polar surface area (TPSA) is 37.8 Å². The average Bonchev–Trinajstić information content (AvgIpc) is 3.05. The number of nitrogens with one attached hydrogen (secondary N) is 1. The fourth-order valence-corrected chi connectivity index (χ4v) is 2.39. The van der Waals surface area contributed by atoms with Crippen molar-refractivity contribution in [3.63, 3.8) is 0 Å². The molecular weight excluding hydrogens is 301 g/mol. The number of hydrogen-bond donors (Lipinski definition) is 1. The van der Waals surface area contributed by atoms with E-state index in [1.165, 1.54) is 22.1 Å². The second kappa shape index (κ2) is 4.63. The molecule has 4 heteroatoms. The fraction of sp³-hybridized carbons (Fsp3) is 0.636. The summed E-state index contributed by atoms with van der Waals surface area (Å²) < 4.78 is 1.18. The van der Waals surface area contributed by atoms with Gasteiger partial charge in [0.15, 0.2) is 0 Å². The zero-order valence-corrected chi connectivity index (χ0v) is 11.3. The molecule has 0 aliphatic heterocycles. The Bertz CT molecular complexity index is 361. The number of halogens is 1. The van der Waals surface area contributed by atoms with Crippen LogP contribution in [0.2, 0.25) is 0 Å². The largest absolute Gasteiger partial charge is 0.372 e. The molecule has 1 N–H and O–H groups in total. The van der Waals surface area contributed by atoms with Gasteiger partial charge in [0.25, 0.3) is 0 Å². The van der Waals surface area contributed by atoms with Crippen LogP contribution in [0, 0.1) is 3.57 Å². The van der Waals surface area contributed by atoms with Crippen LogP contribution in [-0.4, -0.2) is 17.0 Å². The number of aryl methyl sites for hydroxylation is 1. The number of nitrogens with zero attached hydrogens (tertiary/aromatic N) is 2. The maximum atomic E-state index is 4.67. The summed E-state index contributed by atoms with van der Waals surface area (Å²) in [6, 6.07) is 0. The molecule has 1 aromatic rings. The molecule has 3 nitrogen and oxygen atoms in total. The van der Waals surface area contributed by atoms with E-state index in [1.54, 1.807) is 0 Å². The SMILES string of the molecule is CCCc1nc(C2CC2)nc(NC)c1I. The molecule has 2 rings (SSSR count). The fourth-order valence-electron chi connectivity index (χ4n) is 1.60. The van der Waals surface area contributed by atoms with Gasteiger partial charge in [-0.25, -0.2) is 9.97 Å².